The van der Waals surface area contributed by atoms with E-state index in [0.29, 0.717) is 30.6 Å². The Kier molecular flexibility index (Phi) is 3.38. The summed E-state index contributed by atoms with van der Waals surface area (Å²) in [5, 5.41) is 2.19. The average molecular weight is 367 g/mol. The number of amides is 4. The summed E-state index contributed by atoms with van der Waals surface area (Å²) < 4.78 is 39.3. The first-order chi connectivity index (χ1) is 12.2. The lowest BCUT2D eigenvalue weighted by atomic mass is 9.68. The number of nitrogens with one attached hydrogen (secondary N) is 1. The lowest BCUT2D eigenvalue weighted by Gasteiger charge is -2.49. The molecule has 2 atom stereocenters. The van der Waals surface area contributed by atoms with Crippen molar-refractivity contribution in [2.24, 2.45) is 5.41 Å². The van der Waals surface area contributed by atoms with Crippen LogP contribution >= 0.6 is 0 Å². The molecule has 4 amide bonds. The minimum Gasteiger partial charge on any atom is -0.367 e. The van der Waals surface area contributed by atoms with E-state index in [1.807, 2.05) is 4.90 Å². The molecule has 1 spiro atoms. The molecule has 3 heterocycles. The smallest absolute Gasteiger partial charge is 0.367 e. The van der Waals surface area contributed by atoms with Crippen LogP contribution in [0, 0.1) is 5.41 Å². The Balaban J connectivity index is 1.88. The maximum absolute atomic E-state index is 13.1. The molecule has 138 valence electrons. The van der Waals surface area contributed by atoms with Crippen LogP contribution in [0.15, 0.2) is 18.2 Å². The standard InChI is InChI=1S/C17H16F3N3O3/c1-22-14(25)16(13(24)21-15(22)26)8-9-7-10(17(18,19)20)4-5-11(9)23-6-2-3-12(16)23/h4-5,7,12H,2-3,6,8H2,1H3,(H,21,24,26)/t12-,16-/m1/s1. The van der Waals surface area contributed by atoms with Crippen molar-refractivity contribution in [3.8, 4) is 0 Å². The fraction of sp³-hybridized carbons (Fsp3) is 0.471. The van der Waals surface area contributed by atoms with Crippen LogP contribution in [0.1, 0.15) is 24.0 Å². The molecule has 1 N–H and O–H groups in total. The Morgan fingerprint density at radius 1 is 1.23 bits per heavy atom. The molecular formula is C17H16F3N3O3. The van der Waals surface area contributed by atoms with Gasteiger partial charge in [0.2, 0.25) is 11.8 Å². The second-order valence-corrected chi connectivity index (χ2v) is 6.96. The zero-order valence-electron chi connectivity index (χ0n) is 13.9. The SMILES string of the molecule is CN1C(=O)NC(=O)[C@]2(Cc3cc(C(F)(F)F)ccc3N3CCC[C@@H]32)C1=O. The highest BCUT2D eigenvalue weighted by Gasteiger charge is 2.62. The predicted molar refractivity (Wildman–Crippen MR) is 84.3 cm³/mol. The van der Waals surface area contributed by atoms with Crippen molar-refractivity contribution in [2.45, 2.75) is 31.5 Å². The van der Waals surface area contributed by atoms with Crippen molar-refractivity contribution in [3.05, 3.63) is 29.3 Å². The summed E-state index contributed by atoms with van der Waals surface area (Å²) in [6.45, 7) is 0.545. The number of nitrogens with zero attached hydrogens (tertiary/aromatic N) is 2. The van der Waals surface area contributed by atoms with Gasteiger partial charge in [-0.2, -0.15) is 13.2 Å². The number of hydrogen-bond donors (Lipinski definition) is 1. The molecule has 2 saturated heterocycles. The summed E-state index contributed by atoms with van der Waals surface area (Å²) >= 11 is 0. The Labute approximate surface area is 146 Å². The summed E-state index contributed by atoms with van der Waals surface area (Å²) in [6, 6.07) is 2.14. The number of fused-ring (bicyclic) bond motifs is 4. The van der Waals surface area contributed by atoms with Gasteiger partial charge in [0.1, 0.15) is 0 Å². The van der Waals surface area contributed by atoms with Crippen LogP contribution in [-0.4, -0.2) is 42.4 Å². The predicted octanol–water partition coefficient (Wildman–Crippen LogP) is 1.92. The first-order valence-electron chi connectivity index (χ1n) is 8.26. The lowest BCUT2D eigenvalue weighted by Crippen LogP contribution is -2.70. The molecule has 1 aromatic carbocycles. The van der Waals surface area contributed by atoms with E-state index in [1.165, 1.54) is 13.1 Å². The molecule has 2 fully saturated rings. The van der Waals surface area contributed by atoms with Gasteiger partial charge >= 0.3 is 12.2 Å². The number of barbiturate groups is 1. The number of benzene rings is 1. The quantitative estimate of drug-likeness (QED) is 0.712. The second-order valence-electron chi connectivity index (χ2n) is 6.96. The molecule has 0 radical (unpaired) electrons. The van der Waals surface area contributed by atoms with Crippen LogP contribution in [0.5, 0.6) is 0 Å². The van der Waals surface area contributed by atoms with Gasteiger partial charge in [-0.15, -0.1) is 0 Å². The summed E-state index contributed by atoms with van der Waals surface area (Å²) in [4.78, 5) is 40.1. The molecule has 26 heavy (non-hydrogen) atoms. The minimum absolute atomic E-state index is 0.157. The first kappa shape index (κ1) is 16.9. The number of rotatable bonds is 0. The van der Waals surface area contributed by atoms with Gasteiger partial charge in [-0.25, -0.2) is 4.79 Å². The Bertz CT molecular complexity index is 838. The van der Waals surface area contributed by atoms with E-state index >= 15 is 0 Å². The van der Waals surface area contributed by atoms with E-state index in [1.54, 1.807) is 0 Å². The highest BCUT2D eigenvalue weighted by Crippen LogP contribution is 2.49. The maximum atomic E-state index is 13.1. The van der Waals surface area contributed by atoms with Gasteiger partial charge in [0.05, 0.1) is 11.6 Å². The molecular weight excluding hydrogens is 351 g/mol. The summed E-state index contributed by atoms with van der Waals surface area (Å²) in [7, 11) is 1.27. The molecule has 0 unspecified atom stereocenters. The third kappa shape index (κ3) is 2.09. The van der Waals surface area contributed by atoms with Gasteiger partial charge in [0.25, 0.3) is 0 Å². The minimum atomic E-state index is -4.52. The Morgan fingerprint density at radius 3 is 2.65 bits per heavy atom. The third-order valence-electron chi connectivity index (χ3n) is 5.62. The number of halogens is 3. The molecule has 4 rings (SSSR count). The fourth-order valence-electron chi connectivity index (χ4n) is 4.40. The van der Waals surface area contributed by atoms with E-state index in [2.05, 4.69) is 5.32 Å². The van der Waals surface area contributed by atoms with Crippen LogP contribution < -0.4 is 10.2 Å². The van der Waals surface area contributed by atoms with Gasteiger partial charge in [-0.05, 0) is 43.0 Å². The van der Waals surface area contributed by atoms with Crippen molar-refractivity contribution in [3.63, 3.8) is 0 Å². The van der Waals surface area contributed by atoms with Gasteiger partial charge in [0.15, 0.2) is 5.41 Å². The van der Waals surface area contributed by atoms with Gasteiger partial charge in [0, 0.05) is 19.3 Å². The van der Waals surface area contributed by atoms with Crippen LogP contribution in [0.25, 0.3) is 0 Å². The summed E-state index contributed by atoms with van der Waals surface area (Å²) in [5.74, 6) is -1.39. The monoisotopic (exact) mass is 367 g/mol. The van der Waals surface area contributed by atoms with Crippen LogP contribution in [0.4, 0.5) is 23.7 Å². The zero-order chi connectivity index (χ0) is 18.9. The van der Waals surface area contributed by atoms with Crippen molar-refractivity contribution in [2.75, 3.05) is 18.5 Å². The fourth-order valence-corrected chi connectivity index (χ4v) is 4.40. The van der Waals surface area contributed by atoms with Crippen molar-refractivity contribution >= 4 is 23.5 Å². The number of hydrogen-bond acceptors (Lipinski definition) is 4. The van der Waals surface area contributed by atoms with Crippen molar-refractivity contribution in [1.82, 2.24) is 10.2 Å². The van der Waals surface area contributed by atoms with E-state index in [-0.39, 0.29) is 6.42 Å². The van der Waals surface area contributed by atoms with Gasteiger partial charge in [-0.1, -0.05) is 0 Å². The summed E-state index contributed by atoms with van der Waals surface area (Å²) in [5.41, 5.74) is -1.50. The van der Waals surface area contributed by atoms with Crippen LogP contribution in [0.3, 0.4) is 0 Å². The molecule has 3 aliphatic rings. The van der Waals surface area contributed by atoms with Crippen molar-refractivity contribution < 1.29 is 27.6 Å². The Hall–Kier alpha value is -2.58. The van der Waals surface area contributed by atoms with E-state index in [9.17, 15) is 27.6 Å². The van der Waals surface area contributed by atoms with E-state index < -0.39 is 41.0 Å². The molecule has 0 bridgehead atoms. The molecule has 0 aliphatic carbocycles. The summed E-state index contributed by atoms with van der Waals surface area (Å²) in [6.07, 6.45) is -3.40. The maximum Gasteiger partial charge on any atom is 0.416 e. The molecule has 0 saturated carbocycles. The second kappa shape index (κ2) is 5.21. The molecule has 6 nitrogen and oxygen atoms in total. The number of carbonyl (C=O) groups is 3. The number of carbonyl (C=O) groups excluding carboxylic acids is 3. The lowest BCUT2D eigenvalue weighted by molar-refractivity contribution is -0.152. The molecule has 0 aromatic heterocycles. The van der Waals surface area contributed by atoms with Crippen LogP contribution in [-0.2, 0) is 22.2 Å². The third-order valence-corrected chi connectivity index (χ3v) is 5.62. The number of anilines is 1. The normalized spacial score (nSPS) is 28.3. The highest BCUT2D eigenvalue weighted by atomic mass is 19.4. The number of alkyl halides is 3. The average Bonchev–Trinajstić information content (AvgIpc) is 3.07. The van der Waals surface area contributed by atoms with E-state index in [4.69, 9.17) is 0 Å². The Morgan fingerprint density at radius 2 is 1.96 bits per heavy atom. The number of urea groups is 1. The van der Waals surface area contributed by atoms with Gasteiger partial charge in [-0.3, -0.25) is 19.8 Å². The topological polar surface area (TPSA) is 69.7 Å². The van der Waals surface area contributed by atoms with Crippen molar-refractivity contribution in [1.29, 1.82) is 0 Å². The van der Waals surface area contributed by atoms with Gasteiger partial charge < -0.3 is 4.90 Å². The van der Waals surface area contributed by atoms with Crippen LogP contribution in [0.2, 0.25) is 0 Å². The zero-order valence-corrected chi connectivity index (χ0v) is 13.9. The number of imide groups is 2. The largest absolute Gasteiger partial charge is 0.416 e. The van der Waals surface area contributed by atoms with E-state index in [0.717, 1.165) is 17.0 Å². The first-order valence-corrected chi connectivity index (χ1v) is 8.26. The molecule has 9 heteroatoms. The highest BCUT2D eigenvalue weighted by molar-refractivity contribution is 6.20. The molecule has 3 aliphatic heterocycles. The molecule has 1 aromatic rings.